The monoisotopic (exact) mass is 690 g/mol. The van der Waals surface area contributed by atoms with Gasteiger partial charge in [0.05, 0.1) is 5.69 Å². The fraction of sp³-hybridized carbons (Fsp3) is 0. The van der Waals surface area contributed by atoms with Gasteiger partial charge in [-0.15, -0.1) is 0 Å². The van der Waals surface area contributed by atoms with E-state index in [4.69, 9.17) is 18.8 Å². The normalized spacial score (nSPS) is 11.7. The molecular formula is C50H30N2O2. The SMILES string of the molecule is c1ccc(-c2c3ccccc3c(-c3ccc(-c4cc(-c5cc6ccccc6o5)nc(-c5ccc6c(c5)oc5ccccc56)n4)cc3)c3ccccc23)cc1. The minimum Gasteiger partial charge on any atom is -0.456 e. The molecule has 0 spiro atoms. The molecule has 252 valence electrons. The van der Waals surface area contributed by atoms with Crippen molar-refractivity contribution in [3.05, 3.63) is 182 Å². The molecule has 0 saturated carbocycles. The lowest BCUT2D eigenvalue weighted by Crippen LogP contribution is -1.95. The number of rotatable bonds is 5. The highest BCUT2D eigenvalue weighted by atomic mass is 16.3. The summed E-state index contributed by atoms with van der Waals surface area (Å²) < 4.78 is 12.6. The first-order valence-electron chi connectivity index (χ1n) is 18.1. The summed E-state index contributed by atoms with van der Waals surface area (Å²) in [6.45, 7) is 0. The summed E-state index contributed by atoms with van der Waals surface area (Å²) in [5, 5.41) is 8.10. The predicted molar refractivity (Wildman–Crippen MR) is 221 cm³/mol. The minimum atomic E-state index is 0.600. The Labute approximate surface area is 310 Å². The van der Waals surface area contributed by atoms with Crippen LogP contribution in [0.15, 0.2) is 191 Å². The van der Waals surface area contributed by atoms with E-state index in [2.05, 4.69) is 127 Å². The number of nitrogens with zero attached hydrogens (tertiary/aromatic N) is 2. The summed E-state index contributed by atoms with van der Waals surface area (Å²) in [7, 11) is 0. The largest absolute Gasteiger partial charge is 0.456 e. The first-order chi connectivity index (χ1) is 26.7. The van der Waals surface area contributed by atoms with Crippen molar-refractivity contribution in [2.75, 3.05) is 0 Å². The smallest absolute Gasteiger partial charge is 0.160 e. The van der Waals surface area contributed by atoms with Crippen molar-refractivity contribution < 1.29 is 8.83 Å². The van der Waals surface area contributed by atoms with E-state index >= 15 is 0 Å². The van der Waals surface area contributed by atoms with E-state index in [1.165, 1.54) is 38.2 Å². The molecule has 0 aliphatic heterocycles. The molecule has 8 aromatic carbocycles. The Kier molecular flexibility index (Phi) is 6.82. The molecule has 0 atom stereocenters. The van der Waals surface area contributed by atoms with Crippen molar-refractivity contribution in [3.63, 3.8) is 0 Å². The summed E-state index contributed by atoms with van der Waals surface area (Å²) in [6.07, 6.45) is 0. The molecule has 11 aromatic rings. The number of hydrogen-bond donors (Lipinski definition) is 0. The first kappa shape index (κ1) is 30.3. The topological polar surface area (TPSA) is 52.1 Å². The van der Waals surface area contributed by atoms with Crippen LogP contribution in [0.5, 0.6) is 0 Å². The van der Waals surface area contributed by atoms with Gasteiger partial charge in [0.1, 0.15) is 22.4 Å². The molecular weight excluding hydrogens is 661 g/mol. The molecule has 54 heavy (non-hydrogen) atoms. The van der Waals surface area contributed by atoms with Crippen molar-refractivity contribution in [1.82, 2.24) is 9.97 Å². The van der Waals surface area contributed by atoms with Gasteiger partial charge >= 0.3 is 0 Å². The third kappa shape index (κ3) is 4.92. The van der Waals surface area contributed by atoms with Gasteiger partial charge < -0.3 is 8.83 Å². The van der Waals surface area contributed by atoms with E-state index in [0.717, 1.165) is 55.3 Å². The molecule has 0 amide bonds. The molecule has 4 nitrogen and oxygen atoms in total. The minimum absolute atomic E-state index is 0.600. The number of hydrogen-bond acceptors (Lipinski definition) is 4. The standard InChI is InChI=1S/C50H30N2O2/c1-2-12-32(13-3-1)48-38-16-5-7-18-40(38)49(41-19-8-6-17-39(41)48)33-24-22-31(23-25-33)42-30-43(47-28-34-14-4-10-20-44(34)53-47)52-50(51-42)35-26-27-37-36-15-9-11-21-45(36)54-46(37)29-35/h1-30H. The van der Waals surface area contributed by atoms with Crippen molar-refractivity contribution in [1.29, 1.82) is 0 Å². The van der Waals surface area contributed by atoms with Gasteiger partial charge in [-0.25, -0.2) is 9.97 Å². The molecule has 0 aliphatic rings. The Morgan fingerprint density at radius 1 is 0.315 bits per heavy atom. The van der Waals surface area contributed by atoms with Gasteiger partial charge in [-0.2, -0.15) is 0 Å². The summed E-state index contributed by atoms with van der Waals surface area (Å²) in [4.78, 5) is 10.2. The number of aromatic nitrogens is 2. The predicted octanol–water partition coefficient (Wildman–Crippen LogP) is 13.8. The second-order valence-electron chi connectivity index (χ2n) is 13.7. The fourth-order valence-corrected chi connectivity index (χ4v) is 7.99. The van der Waals surface area contributed by atoms with Gasteiger partial charge in [-0.1, -0.05) is 146 Å². The van der Waals surface area contributed by atoms with Crippen LogP contribution in [0.4, 0.5) is 0 Å². The van der Waals surface area contributed by atoms with Crippen LogP contribution in [-0.4, -0.2) is 9.97 Å². The quantitative estimate of drug-likeness (QED) is 0.169. The molecule has 0 radical (unpaired) electrons. The lowest BCUT2D eigenvalue weighted by atomic mass is 9.86. The van der Waals surface area contributed by atoms with E-state index < -0.39 is 0 Å². The molecule has 4 heteroatoms. The van der Waals surface area contributed by atoms with Crippen molar-refractivity contribution in [3.8, 4) is 56.4 Å². The maximum atomic E-state index is 6.34. The van der Waals surface area contributed by atoms with Crippen LogP contribution in [0.2, 0.25) is 0 Å². The third-order valence-corrected chi connectivity index (χ3v) is 10.5. The fourth-order valence-electron chi connectivity index (χ4n) is 7.99. The summed E-state index contributed by atoms with van der Waals surface area (Å²) in [5.41, 5.74) is 10.7. The number of para-hydroxylation sites is 2. The summed E-state index contributed by atoms with van der Waals surface area (Å²) in [5.74, 6) is 1.29. The zero-order chi connectivity index (χ0) is 35.6. The molecule has 0 fully saturated rings. The van der Waals surface area contributed by atoms with Crippen LogP contribution in [0.1, 0.15) is 0 Å². The lowest BCUT2D eigenvalue weighted by molar-refractivity contribution is 0.628. The molecule has 11 rings (SSSR count). The molecule has 3 aromatic heterocycles. The summed E-state index contributed by atoms with van der Waals surface area (Å²) in [6, 6.07) is 63.4. The highest BCUT2D eigenvalue weighted by Crippen LogP contribution is 2.44. The number of benzene rings is 8. The van der Waals surface area contributed by atoms with E-state index in [9.17, 15) is 0 Å². The Bertz CT molecular complexity index is 3120. The van der Waals surface area contributed by atoms with Gasteiger partial charge in [0, 0.05) is 27.3 Å². The van der Waals surface area contributed by atoms with Gasteiger partial charge in [-0.05, 0) is 80.2 Å². The van der Waals surface area contributed by atoms with Crippen LogP contribution in [0.3, 0.4) is 0 Å². The molecule has 0 N–H and O–H groups in total. The molecule has 3 heterocycles. The average molecular weight is 691 g/mol. The van der Waals surface area contributed by atoms with Crippen molar-refractivity contribution in [2.45, 2.75) is 0 Å². The van der Waals surface area contributed by atoms with E-state index in [1.54, 1.807) is 0 Å². The average Bonchev–Trinajstić information content (AvgIpc) is 3.85. The molecule has 0 bridgehead atoms. The second kappa shape index (κ2) is 12.1. The van der Waals surface area contributed by atoms with E-state index in [0.29, 0.717) is 17.3 Å². The highest BCUT2D eigenvalue weighted by Gasteiger charge is 2.18. The molecule has 0 unspecified atom stereocenters. The zero-order valence-electron chi connectivity index (χ0n) is 29.0. The Morgan fingerprint density at radius 2 is 0.833 bits per heavy atom. The van der Waals surface area contributed by atoms with Crippen LogP contribution >= 0.6 is 0 Å². The van der Waals surface area contributed by atoms with Crippen LogP contribution < -0.4 is 0 Å². The maximum Gasteiger partial charge on any atom is 0.160 e. The summed E-state index contributed by atoms with van der Waals surface area (Å²) >= 11 is 0. The third-order valence-electron chi connectivity index (χ3n) is 10.5. The first-order valence-corrected chi connectivity index (χ1v) is 18.1. The lowest BCUT2D eigenvalue weighted by Gasteiger charge is -2.18. The Balaban J connectivity index is 1.07. The van der Waals surface area contributed by atoms with Gasteiger partial charge in [0.2, 0.25) is 0 Å². The van der Waals surface area contributed by atoms with E-state index in [-0.39, 0.29) is 0 Å². The van der Waals surface area contributed by atoms with Crippen LogP contribution in [0, 0.1) is 0 Å². The van der Waals surface area contributed by atoms with Crippen molar-refractivity contribution >= 4 is 54.5 Å². The van der Waals surface area contributed by atoms with Gasteiger partial charge in [-0.3, -0.25) is 0 Å². The van der Waals surface area contributed by atoms with E-state index in [1.807, 2.05) is 54.6 Å². The molecule has 0 aliphatic carbocycles. The second-order valence-corrected chi connectivity index (χ2v) is 13.7. The van der Waals surface area contributed by atoms with Crippen LogP contribution in [0.25, 0.3) is 111 Å². The Morgan fingerprint density at radius 3 is 1.52 bits per heavy atom. The van der Waals surface area contributed by atoms with Crippen molar-refractivity contribution in [2.24, 2.45) is 0 Å². The zero-order valence-corrected chi connectivity index (χ0v) is 29.0. The Hall–Kier alpha value is -7.30. The van der Waals surface area contributed by atoms with Gasteiger partial charge in [0.15, 0.2) is 11.6 Å². The van der Waals surface area contributed by atoms with Gasteiger partial charge in [0.25, 0.3) is 0 Å². The maximum absolute atomic E-state index is 6.34. The number of fused-ring (bicyclic) bond motifs is 6. The van der Waals surface area contributed by atoms with Crippen LogP contribution in [-0.2, 0) is 0 Å². The highest BCUT2D eigenvalue weighted by molar-refractivity contribution is 6.21. The number of furan rings is 2. The molecule has 0 saturated heterocycles.